The average molecular weight is 299 g/mol. The van der Waals surface area contributed by atoms with Crippen molar-refractivity contribution in [1.29, 1.82) is 0 Å². The van der Waals surface area contributed by atoms with Gasteiger partial charge in [0.25, 0.3) is 0 Å². The standard InChI is InChI=1S/C16H27ClN2O/c1-3-10-19(12-13-20)11-9-16(18-4-2)14-5-7-15(17)8-6-14/h5-8,16,18,20H,3-4,9-13H2,1-2H3. The van der Waals surface area contributed by atoms with Crippen molar-refractivity contribution in [3.05, 3.63) is 34.9 Å². The Morgan fingerprint density at radius 2 is 1.85 bits per heavy atom. The van der Waals surface area contributed by atoms with Gasteiger partial charge in [-0.05, 0) is 43.6 Å². The summed E-state index contributed by atoms with van der Waals surface area (Å²) in [5.41, 5.74) is 1.27. The molecular weight excluding hydrogens is 272 g/mol. The van der Waals surface area contributed by atoms with Crippen molar-refractivity contribution < 1.29 is 5.11 Å². The van der Waals surface area contributed by atoms with Crippen LogP contribution in [0.25, 0.3) is 0 Å². The highest BCUT2D eigenvalue weighted by atomic mass is 35.5. The van der Waals surface area contributed by atoms with E-state index in [1.165, 1.54) is 5.56 Å². The first-order valence-corrected chi connectivity index (χ1v) is 7.91. The molecule has 1 unspecified atom stereocenters. The summed E-state index contributed by atoms with van der Waals surface area (Å²) in [6, 6.07) is 8.41. The van der Waals surface area contributed by atoms with Crippen molar-refractivity contribution in [2.24, 2.45) is 0 Å². The van der Waals surface area contributed by atoms with Crippen LogP contribution in [-0.4, -0.2) is 42.8 Å². The highest BCUT2D eigenvalue weighted by Crippen LogP contribution is 2.19. The number of hydrogen-bond donors (Lipinski definition) is 2. The Hall–Kier alpha value is -0.610. The van der Waals surface area contributed by atoms with Gasteiger partial charge in [-0.15, -0.1) is 0 Å². The molecule has 0 fully saturated rings. The van der Waals surface area contributed by atoms with Crippen LogP contribution in [0.4, 0.5) is 0 Å². The lowest BCUT2D eigenvalue weighted by atomic mass is 10.0. The van der Waals surface area contributed by atoms with Crippen molar-refractivity contribution in [3.8, 4) is 0 Å². The summed E-state index contributed by atoms with van der Waals surface area (Å²) in [5, 5.41) is 13.4. The maximum atomic E-state index is 9.11. The number of nitrogens with zero attached hydrogens (tertiary/aromatic N) is 1. The first-order chi connectivity index (χ1) is 9.71. The van der Waals surface area contributed by atoms with E-state index < -0.39 is 0 Å². The van der Waals surface area contributed by atoms with Crippen molar-refractivity contribution in [2.45, 2.75) is 32.7 Å². The molecule has 0 radical (unpaired) electrons. The van der Waals surface area contributed by atoms with Crippen molar-refractivity contribution in [1.82, 2.24) is 10.2 Å². The Morgan fingerprint density at radius 3 is 2.40 bits per heavy atom. The number of benzene rings is 1. The van der Waals surface area contributed by atoms with Crippen LogP contribution >= 0.6 is 11.6 Å². The lowest BCUT2D eigenvalue weighted by Gasteiger charge is -2.25. The largest absolute Gasteiger partial charge is 0.395 e. The van der Waals surface area contributed by atoms with Gasteiger partial charge in [0.15, 0.2) is 0 Å². The van der Waals surface area contributed by atoms with Crippen LogP contribution in [0, 0.1) is 0 Å². The van der Waals surface area contributed by atoms with Gasteiger partial charge < -0.3 is 15.3 Å². The third kappa shape index (κ3) is 6.23. The molecule has 0 aliphatic carbocycles. The summed E-state index contributed by atoms with van der Waals surface area (Å²) < 4.78 is 0. The number of rotatable bonds is 10. The van der Waals surface area contributed by atoms with E-state index in [2.05, 4.69) is 36.2 Å². The lowest BCUT2D eigenvalue weighted by molar-refractivity contribution is 0.189. The van der Waals surface area contributed by atoms with Crippen LogP contribution in [0.5, 0.6) is 0 Å². The first-order valence-electron chi connectivity index (χ1n) is 7.53. The zero-order valence-corrected chi connectivity index (χ0v) is 13.4. The van der Waals surface area contributed by atoms with Gasteiger partial charge in [-0.3, -0.25) is 0 Å². The third-order valence-corrected chi connectivity index (χ3v) is 3.66. The van der Waals surface area contributed by atoms with Gasteiger partial charge in [-0.25, -0.2) is 0 Å². The Kier molecular flexibility index (Phi) is 8.86. The van der Waals surface area contributed by atoms with E-state index in [0.717, 1.165) is 44.0 Å². The van der Waals surface area contributed by atoms with Gasteiger partial charge in [0.1, 0.15) is 0 Å². The zero-order valence-electron chi connectivity index (χ0n) is 12.6. The third-order valence-electron chi connectivity index (χ3n) is 3.41. The first kappa shape index (κ1) is 17.4. The molecule has 0 heterocycles. The van der Waals surface area contributed by atoms with E-state index in [1.807, 2.05) is 12.1 Å². The number of aliphatic hydroxyl groups excluding tert-OH is 1. The summed E-state index contributed by atoms with van der Waals surface area (Å²) >= 11 is 5.95. The van der Waals surface area contributed by atoms with E-state index in [1.54, 1.807) is 0 Å². The molecule has 20 heavy (non-hydrogen) atoms. The molecule has 1 aromatic rings. The molecule has 0 spiro atoms. The second kappa shape index (κ2) is 10.2. The molecule has 114 valence electrons. The molecule has 0 bridgehead atoms. The summed E-state index contributed by atoms with van der Waals surface area (Å²) in [7, 11) is 0. The van der Waals surface area contributed by atoms with Crippen LogP contribution in [0.3, 0.4) is 0 Å². The molecule has 1 aromatic carbocycles. The van der Waals surface area contributed by atoms with Crippen molar-refractivity contribution in [3.63, 3.8) is 0 Å². The number of hydrogen-bond acceptors (Lipinski definition) is 3. The zero-order chi connectivity index (χ0) is 14.8. The van der Waals surface area contributed by atoms with Gasteiger partial charge in [0, 0.05) is 24.2 Å². The maximum Gasteiger partial charge on any atom is 0.0558 e. The molecule has 0 saturated heterocycles. The fraction of sp³-hybridized carbons (Fsp3) is 0.625. The van der Waals surface area contributed by atoms with Gasteiger partial charge in [-0.2, -0.15) is 0 Å². The SMILES string of the molecule is CCCN(CCO)CCC(NCC)c1ccc(Cl)cc1. The minimum Gasteiger partial charge on any atom is -0.395 e. The Morgan fingerprint density at radius 1 is 1.15 bits per heavy atom. The molecule has 0 aliphatic heterocycles. The van der Waals surface area contributed by atoms with E-state index >= 15 is 0 Å². The van der Waals surface area contributed by atoms with Gasteiger partial charge >= 0.3 is 0 Å². The maximum absolute atomic E-state index is 9.11. The topological polar surface area (TPSA) is 35.5 Å². The summed E-state index contributed by atoms with van der Waals surface area (Å²) in [4.78, 5) is 2.32. The predicted octanol–water partition coefficient (Wildman–Crippen LogP) is 3.09. The average Bonchev–Trinajstić information content (AvgIpc) is 2.45. The predicted molar refractivity (Wildman–Crippen MR) is 86.3 cm³/mol. The van der Waals surface area contributed by atoms with Crippen LogP contribution < -0.4 is 5.32 Å². The summed E-state index contributed by atoms with van der Waals surface area (Å²) in [6.45, 7) is 8.27. The quantitative estimate of drug-likeness (QED) is 0.697. The molecule has 2 N–H and O–H groups in total. The molecule has 3 nitrogen and oxygen atoms in total. The van der Waals surface area contributed by atoms with Crippen molar-refractivity contribution in [2.75, 3.05) is 32.8 Å². The van der Waals surface area contributed by atoms with Gasteiger partial charge in [0.2, 0.25) is 0 Å². The highest BCUT2D eigenvalue weighted by molar-refractivity contribution is 6.30. The molecule has 0 aromatic heterocycles. The van der Waals surface area contributed by atoms with Crippen molar-refractivity contribution >= 4 is 11.6 Å². The number of aliphatic hydroxyl groups is 1. The highest BCUT2D eigenvalue weighted by Gasteiger charge is 2.12. The van der Waals surface area contributed by atoms with E-state index in [9.17, 15) is 0 Å². The molecule has 0 amide bonds. The normalized spacial score (nSPS) is 12.8. The molecule has 1 atom stereocenters. The van der Waals surface area contributed by atoms with Gasteiger partial charge in [-0.1, -0.05) is 37.6 Å². The lowest BCUT2D eigenvalue weighted by Crippen LogP contribution is -2.32. The van der Waals surface area contributed by atoms with Crippen LogP contribution in [0.1, 0.15) is 38.3 Å². The number of halogens is 1. The summed E-state index contributed by atoms with van der Waals surface area (Å²) in [5.74, 6) is 0. The minimum atomic E-state index is 0.229. The Bertz CT molecular complexity index is 350. The van der Waals surface area contributed by atoms with Crippen LogP contribution in [0.15, 0.2) is 24.3 Å². The fourth-order valence-corrected chi connectivity index (χ4v) is 2.56. The van der Waals surface area contributed by atoms with E-state index in [0.29, 0.717) is 6.04 Å². The van der Waals surface area contributed by atoms with Crippen LogP contribution in [0.2, 0.25) is 5.02 Å². The van der Waals surface area contributed by atoms with E-state index in [4.69, 9.17) is 16.7 Å². The minimum absolute atomic E-state index is 0.229. The molecule has 0 aliphatic rings. The second-order valence-corrected chi connectivity index (χ2v) is 5.45. The van der Waals surface area contributed by atoms with E-state index in [-0.39, 0.29) is 6.61 Å². The second-order valence-electron chi connectivity index (χ2n) is 5.02. The smallest absolute Gasteiger partial charge is 0.0558 e. The molecule has 0 saturated carbocycles. The monoisotopic (exact) mass is 298 g/mol. The van der Waals surface area contributed by atoms with Gasteiger partial charge in [0.05, 0.1) is 6.61 Å². The molecular formula is C16H27ClN2O. The Balaban J connectivity index is 2.59. The number of nitrogens with one attached hydrogen (secondary N) is 1. The molecule has 4 heteroatoms. The Labute approximate surface area is 127 Å². The summed E-state index contributed by atoms with van der Waals surface area (Å²) in [6.07, 6.45) is 2.16. The molecule has 1 rings (SSSR count). The van der Waals surface area contributed by atoms with Crippen LogP contribution in [-0.2, 0) is 0 Å². The fourth-order valence-electron chi connectivity index (χ4n) is 2.43.